The number of anilines is 1. The number of phenolic OH excluding ortho intramolecular Hbond substituents is 1. The molecule has 8 heteroatoms. The summed E-state index contributed by atoms with van der Waals surface area (Å²) >= 11 is 0. The highest BCUT2D eigenvalue weighted by Gasteiger charge is 2.47. The Balaban J connectivity index is 1.88. The molecule has 1 saturated heterocycles. The number of phenols is 1. The lowest BCUT2D eigenvalue weighted by atomic mass is 9.95. The van der Waals surface area contributed by atoms with Gasteiger partial charge in [0.15, 0.2) is 0 Å². The first kappa shape index (κ1) is 22.7. The van der Waals surface area contributed by atoms with Gasteiger partial charge in [0.2, 0.25) is 0 Å². The Labute approximate surface area is 195 Å². The van der Waals surface area contributed by atoms with Crippen molar-refractivity contribution in [3.8, 4) is 5.75 Å². The monoisotopic (exact) mass is 458 g/mol. The van der Waals surface area contributed by atoms with Crippen molar-refractivity contribution in [1.82, 2.24) is 0 Å². The molecule has 1 fully saturated rings. The Kier molecular flexibility index (Phi) is 5.89. The second-order valence-corrected chi connectivity index (χ2v) is 8.31. The van der Waals surface area contributed by atoms with E-state index in [4.69, 9.17) is 0 Å². The summed E-state index contributed by atoms with van der Waals surface area (Å²) in [6.45, 7) is 4.09. The fourth-order valence-corrected chi connectivity index (χ4v) is 3.99. The van der Waals surface area contributed by atoms with Gasteiger partial charge in [0.1, 0.15) is 11.5 Å². The number of carbonyl (C=O) groups is 2. The van der Waals surface area contributed by atoms with E-state index >= 15 is 0 Å². The van der Waals surface area contributed by atoms with Crippen LogP contribution in [-0.4, -0.2) is 26.8 Å². The van der Waals surface area contributed by atoms with Crippen LogP contribution in [0.1, 0.15) is 42.5 Å². The number of Topliss-reactive ketones (excluding diaryl/α,β-unsaturated/α-hetero) is 1. The van der Waals surface area contributed by atoms with Gasteiger partial charge in [-0.25, -0.2) is 0 Å². The van der Waals surface area contributed by atoms with Crippen LogP contribution in [0.25, 0.3) is 5.76 Å². The predicted molar refractivity (Wildman–Crippen MR) is 127 cm³/mol. The van der Waals surface area contributed by atoms with Crippen LogP contribution in [0.5, 0.6) is 5.75 Å². The van der Waals surface area contributed by atoms with Gasteiger partial charge in [-0.05, 0) is 53.4 Å². The number of hydrogen-bond acceptors (Lipinski definition) is 6. The average molecular weight is 458 g/mol. The summed E-state index contributed by atoms with van der Waals surface area (Å²) in [6, 6.07) is 17.4. The third-order valence-electron chi connectivity index (χ3n) is 5.84. The average Bonchev–Trinajstić information content (AvgIpc) is 3.09. The molecule has 4 rings (SSSR count). The van der Waals surface area contributed by atoms with E-state index in [9.17, 15) is 29.9 Å². The number of aliphatic hydroxyl groups excluding tert-OH is 1. The molecule has 0 spiro atoms. The fourth-order valence-electron chi connectivity index (χ4n) is 3.99. The maximum absolute atomic E-state index is 13.2. The van der Waals surface area contributed by atoms with Crippen LogP contribution in [0.2, 0.25) is 0 Å². The van der Waals surface area contributed by atoms with Crippen molar-refractivity contribution in [3.63, 3.8) is 0 Å². The number of carbonyl (C=O) groups excluding carboxylic acids is 2. The topological polar surface area (TPSA) is 121 Å². The maximum Gasteiger partial charge on any atom is 0.300 e. The number of aromatic hydroxyl groups is 1. The maximum atomic E-state index is 13.2. The van der Waals surface area contributed by atoms with Gasteiger partial charge in [-0.1, -0.05) is 38.1 Å². The molecule has 1 amide bonds. The first-order valence-corrected chi connectivity index (χ1v) is 10.6. The summed E-state index contributed by atoms with van der Waals surface area (Å²) in [5.41, 5.74) is 1.91. The van der Waals surface area contributed by atoms with Crippen molar-refractivity contribution in [2.75, 3.05) is 4.90 Å². The number of nitrogens with zero attached hydrogens (tertiary/aromatic N) is 2. The molecule has 0 bridgehead atoms. The van der Waals surface area contributed by atoms with Gasteiger partial charge in [-0.2, -0.15) is 0 Å². The zero-order valence-electron chi connectivity index (χ0n) is 18.5. The number of nitro groups is 1. The molecule has 0 radical (unpaired) electrons. The zero-order chi connectivity index (χ0) is 24.6. The van der Waals surface area contributed by atoms with Crippen LogP contribution in [-0.2, 0) is 9.59 Å². The first-order valence-electron chi connectivity index (χ1n) is 10.6. The molecular formula is C26H22N2O6. The van der Waals surface area contributed by atoms with E-state index in [1.807, 2.05) is 26.0 Å². The molecule has 34 heavy (non-hydrogen) atoms. The number of amides is 1. The molecule has 2 N–H and O–H groups in total. The number of non-ortho nitro benzene ring substituents is 1. The van der Waals surface area contributed by atoms with Gasteiger partial charge in [0, 0.05) is 23.4 Å². The second kappa shape index (κ2) is 8.82. The Morgan fingerprint density at radius 1 is 0.941 bits per heavy atom. The van der Waals surface area contributed by atoms with Crippen LogP contribution in [0.3, 0.4) is 0 Å². The SMILES string of the molecule is CC(C)c1ccc(N2C(=O)C(=O)/C(=C(\O)c3ccc([N+](=O)[O-])cc3)C2c2ccc(O)cc2)cc1. The third-order valence-corrected chi connectivity index (χ3v) is 5.84. The molecule has 1 unspecified atom stereocenters. The summed E-state index contributed by atoms with van der Waals surface area (Å²) < 4.78 is 0. The fraction of sp³-hybridized carbons (Fsp3) is 0.154. The molecule has 1 aliphatic heterocycles. The van der Waals surface area contributed by atoms with Crippen molar-refractivity contribution < 1.29 is 24.7 Å². The smallest absolute Gasteiger partial charge is 0.300 e. The van der Waals surface area contributed by atoms with Crippen LogP contribution in [0, 0.1) is 10.1 Å². The molecule has 1 aliphatic rings. The van der Waals surface area contributed by atoms with E-state index in [0.717, 1.165) is 5.56 Å². The highest BCUT2D eigenvalue weighted by atomic mass is 16.6. The van der Waals surface area contributed by atoms with Crippen molar-refractivity contribution in [2.45, 2.75) is 25.8 Å². The molecule has 3 aromatic carbocycles. The second-order valence-electron chi connectivity index (χ2n) is 8.31. The summed E-state index contributed by atoms with van der Waals surface area (Å²) in [5, 5.41) is 31.8. The van der Waals surface area contributed by atoms with E-state index in [2.05, 4.69) is 0 Å². The van der Waals surface area contributed by atoms with Gasteiger partial charge < -0.3 is 10.2 Å². The summed E-state index contributed by atoms with van der Waals surface area (Å²) in [7, 11) is 0. The normalized spacial score (nSPS) is 17.4. The molecule has 1 heterocycles. The van der Waals surface area contributed by atoms with E-state index in [-0.39, 0.29) is 28.5 Å². The zero-order valence-corrected chi connectivity index (χ0v) is 18.5. The summed E-state index contributed by atoms with van der Waals surface area (Å²) in [4.78, 5) is 38.0. The predicted octanol–water partition coefficient (Wildman–Crippen LogP) is 5.05. The van der Waals surface area contributed by atoms with Crippen LogP contribution in [0.15, 0.2) is 78.4 Å². The van der Waals surface area contributed by atoms with Crippen molar-refractivity contribution in [3.05, 3.63) is 105 Å². The Bertz CT molecular complexity index is 1290. The van der Waals surface area contributed by atoms with Gasteiger partial charge in [-0.15, -0.1) is 0 Å². The molecule has 0 aromatic heterocycles. The van der Waals surface area contributed by atoms with E-state index in [1.54, 1.807) is 24.3 Å². The summed E-state index contributed by atoms with van der Waals surface area (Å²) in [6.07, 6.45) is 0. The van der Waals surface area contributed by atoms with E-state index in [1.165, 1.54) is 41.3 Å². The summed E-state index contributed by atoms with van der Waals surface area (Å²) in [5.74, 6) is -1.83. The minimum Gasteiger partial charge on any atom is -0.508 e. The third kappa shape index (κ3) is 4.01. The highest BCUT2D eigenvalue weighted by molar-refractivity contribution is 6.51. The van der Waals surface area contributed by atoms with E-state index in [0.29, 0.717) is 11.3 Å². The molecule has 1 atom stereocenters. The molecular weight excluding hydrogens is 436 g/mol. The Morgan fingerprint density at radius 3 is 2.06 bits per heavy atom. The number of hydrogen-bond donors (Lipinski definition) is 2. The van der Waals surface area contributed by atoms with Crippen molar-refractivity contribution >= 4 is 28.8 Å². The van der Waals surface area contributed by atoms with E-state index < -0.39 is 28.4 Å². The van der Waals surface area contributed by atoms with Gasteiger partial charge in [0.25, 0.3) is 17.4 Å². The van der Waals surface area contributed by atoms with Crippen LogP contribution < -0.4 is 4.90 Å². The minimum atomic E-state index is -0.958. The largest absolute Gasteiger partial charge is 0.508 e. The lowest BCUT2D eigenvalue weighted by molar-refractivity contribution is -0.384. The number of ketones is 1. The van der Waals surface area contributed by atoms with Gasteiger partial charge in [0.05, 0.1) is 16.5 Å². The quantitative estimate of drug-likeness (QED) is 0.181. The Hall–Kier alpha value is -4.46. The molecule has 8 nitrogen and oxygen atoms in total. The van der Waals surface area contributed by atoms with Crippen molar-refractivity contribution in [2.24, 2.45) is 0 Å². The highest BCUT2D eigenvalue weighted by Crippen LogP contribution is 2.42. The standard InChI is InChI=1S/C26H22N2O6/c1-15(2)16-3-9-19(10-4-16)27-23(17-7-13-21(29)14-8-17)22(25(31)26(27)32)24(30)18-5-11-20(12-6-18)28(33)34/h3-15,23,29-30H,1-2H3/b24-22-. The molecule has 172 valence electrons. The van der Waals surface area contributed by atoms with Gasteiger partial charge >= 0.3 is 0 Å². The van der Waals surface area contributed by atoms with Gasteiger partial charge in [-0.3, -0.25) is 24.6 Å². The lowest BCUT2D eigenvalue weighted by Crippen LogP contribution is -2.29. The molecule has 0 aliphatic carbocycles. The van der Waals surface area contributed by atoms with Crippen LogP contribution >= 0.6 is 0 Å². The number of aliphatic hydroxyl groups is 1. The molecule has 3 aromatic rings. The number of benzene rings is 3. The minimum absolute atomic E-state index is 0.0114. The number of nitro benzene ring substituents is 1. The van der Waals surface area contributed by atoms with Crippen molar-refractivity contribution in [1.29, 1.82) is 0 Å². The van der Waals surface area contributed by atoms with Crippen LogP contribution in [0.4, 0.5) is 11.4 Å². The Morgan fingerprint density at radius 2 is 1.53 bits per heavy atom. The number of rotatable bonds is 5. The lowest BCUT2D eigenvalue weighted by Gasteiger charge is -2.26. The first-order chi connectivity index (χ1) is 16.2. The molecule has 0 saturated carbocycles.